The molecule has 2 N–H and O–H groups in total. The highest BCUT2D eigenvalue weighted by Gasteiger charge is 2.50. The van der Waals surface area contributed by atoms with Gasteiger partial charge in [-0.2, -0.15) is 17.5 Å². The van der Waals surface area contributed by atoms with Crippen molar-refractivity contribution in [2.24, 2.45) is 10.9 Å². The van der Waals surface area contributed by atoms with Gasteiger partial charge in [0, 0.05) is 26.7 Å². The summed E-state index contributed by atoms with van der Waals surface area (Å²) in [5.41, 5.74) is -4.14. The van der Waals surface area contributed by atoms with Gasteiger partial charge in [-0.15, -0.1) is 0 Å². The van der Waals surface area contributed by atoms with Gasteiger partial charge in [-0.3, -0.25) is 4.99 Å². The Labute approximate surface area is 157 Å². The second-order valence-electron chi connectivity index (χ2n) is 6.52. The van der Waals surface area contributed by atoms with Gasteiger partial charge in [0.25, 0.3) is 0 Å². The predicted molar refractivity (Wildman–Crippen MR) is 98.6 cm³/mol. The van der Waals surface area contributed by atoms with Crippen molar-refractivity contribution in [1.29, 1.82) is 0 Å². The number of benzene rings is 1. The quantitative estimate of drug-likeness (QED) is 0.582. The molecule has 1 atom stereocenters. The Morgan fingerprint density at radius 2 is 1.85 bits per heavy atom. The standard InChI is InChI=1S/C17H25F3N4O2S/c1-13(15-6-4-3-5-7-15)23-16(21-2)22-12-14-8-10-24(11-9-14)27(25,26)17(18,19)20/h3-7,13-14H,8-12H2,1-2H3,(H2,21,22,23). The van der Waals surface area contributed by atoms with Crippen molar-refractivity contribution in [2.75, 3.05) is 26.7 Å². The van der Waals surface area contributed by atoms with Crippen LogP contribution in [0.15, 0.2) is 35.3 Å². The molecule has 1 fully saturated rings. The summed E-state index contributed by atoms with van der Waals surface area (Å²) in [5, 5.41) is 6.43. The third kappa shape index (κ3) is 5.58. The fourth-order valence-electron chi connectivity index (χ4n) is 2.97. The SMILES string of the molecule is CN=C(NCC1CCN(S(=O)(=O)C(F)(F)F)CC1)NC(C)c1ccccc1. The van der Waals surface area contributed by atoms with E-state index in [-0.39, 0.29) is 25.0 Å². The topological polar surface area (TPSA) is 73.8 Å². The number of nitrogens with zero attached hydrogens (tertiary/aromatic N) is 2. The van der Waals surface area contributed by atoms with Crippen molar-refractivity contribution in [3.8, 4) is 0 Å². The van der Waals surface area contributed by atoms with E-state index in [0.717, 1.165) is 5.56 Å². The Balaban J connectivity index is 1.82. The molecule has 10 heteroatoms. The lowest BCUT2D eigenvalue weighted by Crippen LogP contribution is -2.47. The molecule has 27 heavy (non-hydrogen) atoms. The van der Waals surface area contributed by atoms with E-state index in [0.29, 0.717) is 29.7 Å². The zero-order valence-corrected chi connectivity index (χ0v) is 16.1. The normalized spacial score (nSPS) is 18.9. The molecule has 2 rings (SSSR count). The van der Waals surface area contributed by atoms with Crippen LogP contribution < -0.4 is 10.6 Å². The van der Waals surface area contributed by atoms with Crippen LogP contribution in [0.5, 0.6) is 0 Å². The average molecular weight is 406 g/mol. The average Bonchev–Trinajstić information content (AvgIpc) is 2.65. The van der Waals surface area contributed by atoms with E-state index in [1.807, 2.05) is 37.3 Å². The molecule has 1 aromatic rings. The van der Waals surface area contributed by atoms with Crippen LogP contribution in [-0.2, 0) is 10.0 Å². The van der Waals surface area contributed by atoms with E-state index in [9.17, 15) is 21.6 Å². The molecule has 6 nitrogen and oxygen atoms in total. The van der Waals surface area contributed by atoms with Gasteiger partial charge in [0.1, 0.15) is 0 Å². The van der Waals surface area contributed by atoms with Crippen molar-refractivity contribution < 1.29 is 21.6 Å². The van der Waals surface area contributed by atoms with Crippen LogP contribution in [0.4, 0.5) is 13.2 Å². The molecule has 152 valence electrons. The summed E-state index contributed by atoms with van der Waals surface area (Å²) in [7, 11) is -3.58. The highest BCUT2D eigenvalue weighted by atomic mass is 32.2. The molecule has 1 unspecified atom stereocenters. The second kappa shape index (κ2) is 8.92. The number of rotatable bonds is 5. The first kappa shape index (κ1) is 21.5. The van der Waals surface area contributed by atoms with Gasteiger partial charge in [0.05, 0.1) is 6.04 Å². The van der Waals surface area contributed by atoms with Crippen molar-refractivity contribution in [1.82, 2.24) is 14.9 Å². The monoisotopic (exact) mass is 406 g/mol. The highest BCUT2D eigenvalue weighted by Crippen LogP contribution is 2.30. The minimum atomic E-state index is -5.24. The second-order valence-corrected chi connectivity index (χ2v) is 8.45. The first-order chi connectivity index (χ1) is 12.6. The third-order valence-corrected chi connectivity index (χ3v) is 6.27. The molecule has 0 bridgehead atoms. The van der Waals surface area contributed by atoms with Gasteiger partial charge in [0.2, 0.25) is 0 Å². The lowest BCUT2D eigenvalue weighted by atomic mass is 9.98. The van der Waals surface area contributed by atoms with Gasteiger partial charge in [-0.25, -0.2) is 8.42 Å². The summed E-state index contributed by atoms with van der Waals surface area (Å²) in [6, 6.07) is 9.88. The highest BCUT2D eigenvalue weighted by molar-refractivity contribution is 7.90. The predicted octanol–water partition coefficient (Wildman–Crippen LogP) is 2.47. The zero-order chi connectivity index (χ0) is 20.1. The number of alkyl halides is 3. The van der Waals surface area contributed by atoms with Crippen LogP contribution >= 0.6 is 0 Å². The molecule has 0 spiro atoms. The number of sulfonamides is 1. The van der Waals surface area contributed by atoms with E-state index in [4.69, 9.17) is 0 Å². The maximum Gasteiger partial charge on any atom is 0.511 e. The Kier molecular flexibility index (Phi) is 7.10. The Bertz CT molecular complexity index is 730. The van der Waals surface area contributed by atoms with Crippen molar-refractivity contribution in [2.45, 2.75) is 31.3 Å². The largest absolute Gasteiger partial charge is 0.511 e. The number of hydrogen-bond acceptors (Lipinski definition) is 3. The van der Waals surface area contributed by atoms with E-state index in [2.05, 4.69) is 15.6 Å². The van der Waals surface area contributed by atoms with E-state index < -0.39 is 15.5 Å². The van der Waals surface area contributed by atoms with Crippen LogP contribution in [-0.4, -0.2) is 50.9 Å². The van der Waals surface area contributed by atoms with Crippen molar-refractivity contribution in [3.63, 3.8) is 0 Å². The summed E-state index contributed by atoms with van der Waals surface area (Å²) >= 11 is 0. The Morgan fingerprint density at radius 3 is 2.37 bits per heavy atom. The van der Waals surface area contributed by atoms with Crippen LogP contribution in [0.1, 0.15) is 31.4 Å². The summed E-state index contributed by atoms with van der Waals surface area (Å²) in [5.74, 6) is 0.673. The molecule has 1 heterocycles. The van der Waals surface area contributed by atoms with Gasteiger partial charge >= 0.3 is 15.5 Å². The molecule has 1 aromatic carbocycles. The van der Waals surface area contributed by atoms with Crippen molar-refractivity contribution >= 4 is 16.0 Å². The number of nitrogens with one attached hydrogen (secondary N) is 2. The van der Waals surface area contributed by atoms with Crippen LogP contribution in [0.25, 0.3) is 0 Å². The number of hydrogen-bond donors (Lipinski definition) is 2. The molecule has 0 aliphatic carbocycles. The fourth-order valence-corrected chi connectivity index (χ4v) is 3.95. The molecule has 1 aliphatic rings. The molecule has 0 amide bonds. The molecular formula is C17H25F3N4O2S. The number of guanidine groups is 1. The maximum absolute atomic E-state index is 12.6. The fraction of sp³-hybridized carbons (Fsp3) is 0.588. The maximum atomic E-state index is 12.6. The van der Waals surface area contributed by atoms with Crippen molar-refractivity contribution in [3.05, 3.63) is 35.9 Å². The third-order valence-electron chi connectivity index (χ3n) is 4.64. The minimum Gasteiger partial charge on any atom is -0.356 e. The lowest BCUT2D eigenvalue weighted by Gasteiger charge is -2.32. The summed E-state index contributed by atoms with van der Waals surface area (Å²) in [4.78, 5) is 4.16. The molecule has 1 aliphatic heterocycles. The zero-order valence-electron chi connectivity index (χ0n) is 15.3. The van der Waals surface area contributed by atoms with Crippen LogP contribution in [0.2, 0.25) is 0 Å². The first-order valence-corrected chi connectivity index (χ1v) is 10.2. The molecule has 0 saturated carbocycles. The molecule has 1 saturated heterocycles. The van der Waals surface area contributed by atoms with E-state index in [1.54, 1.807) is 7.05 Å². The van der Waals surface area contributed by atoms with Crippen LogP contribution in [0, 0.1) is 5.92 Å². The van der Waals surface area contributed by atoms with Gasteiger partial charge in [0.15, 0.2) is 5.96 Å². The molecule has 0 radical (unpaired) electrons. The van der Waals surface area contributed by atoms with Crippen LogP contribution in [0.3, 0.4) is 0 Å². The summed E-state index contributed by atoms with van der Waals surface area (Å²) in [6.07, 6.45) is 0.737. The number of halogens is 3. The van der Waals surface area contributed by atoms with Gasteiger partial charge < -0.3 is 10.6 Å². The van der Waals surface area contributed by atoms with Gasteiger partial charge in [-0.05, 0) is 31.2 Å². The Hall–Kier alpha value is -1.81. The van der Waals surface area contributed by atoms with E-state index in [1.165, 1.54) is 0 Å². The molecular weight excluding hydrogens is 381 g/mol. The number of piperidine rings is 1. The lowest BCUT2D eigenvalue weighted by molar-refractivity contribution is -0.0496. The summed E-state index contributed by atoms with van der Waals surface area (Å²) < 4.78 is 61.2. The minimum absolute atomic E-state index is 0.0381. The Morgan fingerprint density at radius 1 is 1.26 bits per heavy atom. The molecule has 0 aromatic heterocycles. The van der Waals surface area contributed by atoms with E-state index >= 15 is 0 Å². The summed E-state index contributed by atoms with van der Waals surface area (Å²) in [6.45, 7) is 2.27. The first-order valence-electron chi connectivity index (χ1n) is 8.73. The smallest absolute Gasteiger partial charge is 0.356 e. The van der Waals surface area contributed by atoms with Gasteiger partial charge in [-0.1, -0.05) is 30.3 Å². The number of aliphatic imine (C=N–C) groups is 1.